The number of carbonyl (C=O) groups is 4. The summed E-state index contributed by atoms with van der Waals surface area (Å²) in [4.78, 5) is 60.0. The van der Waals surface area contributed by atoms with Crippen LogP contribution in [0.4, 0.5) is 0 Å². The molecule has 756 valence electrons. The summed E-state index contributed by atoms with van der Waals surface area (Å²) >= 11 is 3.38. The molecule has 29 nitrogen and oxygen atoms in total. The Balaban J connectivity index is 0.000000149. The molecule has 4 N–H and O–H groups in total. The number of carbonyl (C=O) groups excluding carboxylic acids is 4. The van der Waals surface area contributed by atoms with Crippen molar-refractivity contribution in [2.75, 3.05) is 72.7 Å². The zero-order valence-electron chi connectivity index (χ0n) is 83.0. The number of nitrogens with zero attached hydrogens (tertiary/aromatic N) is 8. The molecule has 7 aromatic carbocycles. The molecule has 12 atom stereocenters. The Morgan fingerprint density at radius 2 is 0.894 bits per heavy atom. The molecule has 0 aromatic heterocycles. The number of aldehydes is 1. The van der Waals surface area contributed by atoms with Gasteiger partial charge in [0.15, 0.2) is 28.0 Å². The van der Waals surface area contributed by atoms with Crippen molar-refractivity contribution in [3.63, 3.8) is 0 Å². The SMILES string of the molecule is C1CCOC1.CCOC(=O)CC1CCCO1.C[Si](C)(C)N=C=N[Si](C)(C)C.N#CN=C1CC(CC2CCCO2)Oc2ccc(-c3cccc(C#N)c3)cc21.N#Cc1cccc(-c2ccc3c(c2)C(=O)CC(CC2CCCO2)O3)c1.N#Cc1cccc(-c2ccc3c(c2)C2(CC(CC4CCCO4)O3)N=C(N)NO2)c1.O=C1CC(CC2CCCO2)Oc2ccc(Br)cc21.O=CCC1CCCO1.OCCC1CCCO1. The quantitative estimate of drug-likeness (QED) is 0.0210. The molecule has 32 heteroatoms. The van der Waals surface area contributed by atoms with E-state index < -0.39 is 22.2 Å². The van der Waals surface area contributed by atoms with E-state index in [2.05, 4.69) is 104 Å². The van der Waals surface area contributed by atoms with E-state index in [0.717, 1.165) is 248 Å². The largest absolute Gasteiger partial charge is 0.490 e. The second-order valence-corrected chi connectivity index (χ2v) is 49.0. The van der Waals surface area contributed by atoms with Gasteiger partial charge >= 0.3 is 5.97 Å². The zero-order valence-corrected chi connectivity index (χ0v) is 86.6. The van der Waals surface area contributed by atoms with E-state index in [-0.39, 0.29) is 91.1 Å². The molecular formula is C110H137BrN10O19Si2. The first-order valence-electron chi connectivity index (χ1n) is 50.3. The van der Waals surface area contributed by atoms with E-state index in [4.69, 9.17) is 93.0 Å². The van der Waals surface area contributed by atoms with Gasteiger partial charge in [-0.2, -0.15) is 26.0 Å². The number of benzene rings is 7. The van der Waals surface area contributed by atoms with Gasteiger partial charge in [-0.15, -0.1) is 0 Å². The van der Waals surface area contributed by atoms with Crippen LogP contribution < -0.4 is 30.2 Å². The number of ether oxygens (including phenoxy) is 13. The highest BCUT2D eigenvalue weighted by Crippen LogP contribution is 2.48. The van der Waals surface area contributed by atoms with Crippen LogP contribution in [0.2, 0.25) is 39.3 Å². The Morgan fingerprint density at radius 1 is 0.493 bits per heavy atom. The maximum Gasteiger partial charge on any atom is 0.308 e. The standard InChI is InChI=1S/C22H22N4O3.C22H19N3O2.C21H19NO3.C14H15BrO3.C8H14O3.C7H18N2Si2.C6H12O2.C6H10O2.C4H8O/c23-13-14-3-1-4-15(9-14)16-6-7-20-19(10-16)22(25-21(24)26-29-22)12-18(28-20)11-17-5-2-8-27-17;23-13-15-3-1-4-16(9-15)17-6-7-22-20(10-17)21(25-14-24)12-19(27-22)11-18-5-2-8-26-18;22-13-14-3-1-4-15(9-14)16-6-7-21-19(10-16)20(23)12-18(25-21)11-17-5-2-8-24-17;15-9-3-4-14-12(6-9)13(16)8-11(18-14)7-10-2-1-5-17-10;1-2-10-8(9)6-7-4-3-5-11-7;1-10(2,3)8-7-9-11(4,5)6;2*7-4-3-6-2-1-5-8-6;1-2-4-5-3-1/h1,3-4,6-7,9-10,17-18H,2,5,8,11-12H2,(H3,24,25,26);1,3-4,6-7,9-10,18-19H,2,5,8,11-12H2;1,3-4,6-7,9-10,17-18H,2,5,8,11-12H2;3-4,6,10-11H,1-2,5,7-8H2;7H,2-6H2,1H3;1-6H3;6-7H,1-5H2;4,6H,1-3,5H2;1-4H2. The summed E-state index contributed by atoms with van der Waals surface area (Å²) in [5, 5.41) is 45.0. The average Bonchev–Trinajstić information content (AvgIpc) is 1.08. The van der Waals surface area contributed by atoms with E-state index in [1.807, 2.05) is 141 Å². The minimum atomic E-state index is -1.31. The van der Waals surface area contributed by atoms with Crippen LogP contribution in [0.15, 0.2) is 169 Å². The van der Waals surface area contributed by atoms with E-state index in [9.17, 15) is 24.4 Å². The van der Waals surface area contributed by atoms with Gasteiger partial charge in [0.2, 0.25) is 17.9 Å². The third kappa shape index (κ3) is 35.2. The van der Waals surface area contributed by atoms with Crippen LogP contribution in [-0.4, -0.2) is 203 Å². The summed E-state index contributed by atoms with van der Waals surface area (Å²) < 4.78 is 82.1. The predicted molar refractivity (Wildman–Crippen MR) is 550 cm³/mol. The van der Waals surface area contributed by atoms with Crippen molar-refractivity contribution in [2.24, 2.45) is 25.0 Å². The molecule has 20 rings (SSSR count). The van der Waals surface area contributed by atoms with Crippen LogP contribution in [0.1, 0.15) is 229 Å². The number of rotatable bonds is 20. The third-order valence-electron chi connectivity index (χ3n) is 25.3. The Morgan fingerprint density at radius 3 is 1.30 bits per heavy atom. The van der Waals surface area contributed by atoms with E-state index in [0.29, 0.717) is 90.6 Å². The van der Waals surface area contributed by atoms with Gasteiger partial charge in [-0.05, 0) is 280 Å². The maximum atomic E-state index is 12.6. The van der Waals surface area contributed by atoms with Crippen LogP contribution in [-0.2, 0) is 62.8 Å². The minimum absolute atomic E-state index is 0.0273. The lowest BCUT2D eigenvalue weighted by atomic mass is 9.88. The fourth-order valence-corrected chi connectivity index (χ4v) is 19.5. The fourth-order valence-electron chi connectivity index (χ4n) is 18.3. The van der Waals surface area contributed by atoms with Crippen molar-refractivity contribution >= 4 is 73.9 Å². The van der Waals surface area contributed by atoms with Crippen LogP contribution >= 0.6 is 15.9 Å². The number of aliphatic hydroxyl groups excluding tert-OH is 1. The maximum absolute atomic E-state index is 12.6. The molecule has 13 aliphatic rings. The summed E-state index contributed by atoms with van der Waals surface area (Å²) in [5.41, 5.74) is 19.0. The van der Waals surface area contributed by atoms with Crippen molar-refractivity contribution in [1.82, 2.24) is 5.48 Å². The molecule has 13 aliphatic heterocycles. The number of esters is 1. The first-order valence-corrected chi connectivity index (χ1v) is 58.0. The number of Topliss-reactive ketones (excluding diaryl/α,β-unsaturated/α-hetero) is 2. The molecule has 13 heterocycles. The number of nitrogens with two attached hydrogens (primary N) is 1. The number of aliphatic hydroxyl groups is 1. The molecule has 8 fully saturated rings. The average molecular weight is 2040 g/mol. The molecule has 142 heavy (non-hydrogen) atoms. The van der Waals surface area contributed by atoms with E-state index in [1.54, 1.807) is 18.2 Å². The summed E-state index contributed by atoms with van der Waals surface area (Å²) in [5.74, 6) is 3.24. The highest BCUT2D eigenvalue weighted by atomic mass is 79.9. The molecule has 8 saturated heterocycles. The van der Waals surface area contributed by atoms with Crippen LogP contribution in [0.5, 0.6) is 23.0 Å². The molecule has 0 bridgehead atoms. The summed E-state index contributed by atoms with van der Waals surface area (Å²) in [7, 11) is -2.63. The number of hydroxylamine groups is 1. The van der Waals surface area contributed by atoms with Crippen molar-refractivity contribution < 1.29 is 90.7 Å². The van der Waals surface area contributed by atoms with Gasteiger partial charge in [0.1, 0.15) is 53.7 Å². The second kappa shape index (κ2) is 56.3. The predicted octanol–water partition coefficient (Wildman–Crippen LogP) is 20.7. The van der Waals surface area contributed by atoms with Gasteiger partial charge < -0.3 is 77.2 Å². The Kier molecular flexibility index (Phi) is 43.6. The monoisotopic (exact) mass is 2040 g/mol. The molecule has 0 radical (unpaired) electrons. The zero-order chi connectivity index (χ0) is 101. The lowest BCUT2D eigenvalue weighted by molar-refractivity contribution is -0.145. The van der Waals surface area contributed by atoms with E-state index >= 15 is 0 Å². The lowest BCUT2D eigenvalue weighted by Crippen LogP contribution is -2.40. The first-order chi connectivity index (χ1) is 68.8. The van der Waals surface area contributed by atoms with Gasteiger partial charge in [-0.1, -0.05) is 70.5 Å². The third-order valence-corrected chi connectivity index (χ3v) is 27.3. The molecule has 0 amide bonds. The van der Waals surface area contributed by atoms with Crippen molar-refractivity contribution in [2.45, 2.75) is 292 Å². The number of guanidine groups is 1. The number of ketones is 2. The first kappa shape index (κ1) is 110. The number of fused-ring (bicyclic) bond motifs is 5. The van der Waals surface area contributed by atoms with Gasteiger partial charge in [-0.3, -0.25) is 23.7 Å². The van der Waals surface area contributed by atoms with Crippen molar-refractivity contribution in [3.05, 3.63) is 189 Å². The molecular weight excluding hydrogens is 1900 g/mol. The molecule has 1 spiro atoms. The van der Waals surface area contributed by atoms with Gasteiger partial charge in [-0.25, -0.2) is 15.3 Å². The smallest absolute Gasteiger partial charge is 0.308 e. The molecule has 12 unspecified atom stereocenters. The topological polar surface area (TPSA) is 400 Å². The Hall–Kier alpha value is -11.0. The van der Waals surface area contributed by atoms with Crippen molar-refractivity contribution in [3.8, 4) is 80.8 Å². The van der Waals surface area contributed by atoms with Crippen molar-refractivity contribution in [1.29, 1.82) is 21.0 Å². The number of halogens is 1. The van der Waals surface area contributed by atoms with Crippen LogP contribution in [0.25, 0.3) is 33.4 Å². The summed E-state index contributed by atoms with van der Waals surface area (Å²) in [6.45, 7) is 23.4. The fraction of sp³-hybridized carbons (Fsp3) is 0.518. The summed E-state index contributed by atoms with van der Waals surface area (Å²) in [6.07, 6.45) is 29.1. The molecule has 0 saturated carbocycles. The highest BCUT2D eigenvalue weighted by Gasteiger charge is 2.48. The summed E-state index contributed by atoms with van der Waals surface area (Å²) in [6, 6.07) is 54.8. The van der Waals surface area contributed by atoms with Crippen LogP contribution in [0.3, 0.4) is 0 Å². The number of hydrogen-bond acceptors (Lipinski definition) is 29. The normalized spacial score (nSPS) is 24.0. The van der Waals surface area contributed by atoms with E-state index in [1.165, 1.54) is 19.3 Å². The van der Waals surface area contributed by atoms with Gasteiger partial charge in [0, 0.05) is 134 Å². The lowest BCUT2D eigenvalue weighted by Gasteiger charge is -2.37. The minimum Gasteiger partial charge on any atom is -0.490 e. The van der Waals surface area contributed by atoms with Gasteiger partial charge in [0.05, 0.1) is 119 Å². The number of hydrogen-bond donors (Lipinski definition) is 3. The number of nitrogens with one attached hydrogen (secondary N) is 1. The Bertz CT molecular complexity index is 5570. The van der Waals surface area contributed by atoms with Gasteiger partial charge in [0.25, 0.3) is 0 Å². The molecule has 7 aromatic rings. The molecule has 0 aliphatic carbocycles. The number of aliphatic imine (C=N–C) groups is 2. The van der Waals surface area contributed by atoms with Crippen LogP contribution in [0, 0.1) is 45.4 Å². The second-order valence-electron chi connectivity index (χ2n) is 38.9. The Labute approximate surface area is 845 Å². The highest BCUT2D eigenvalue weighted by molar-refractivity contribution is 9.10. The number of nitriles is 4.